The molecule has 0 amide bonds. The highest BCUT2D eigenvalue weighted by atomic mass is 79.9. The number of morpholine rings is 1. The fourth-order valence-electron chi connectivity index (χ4n) is 3.30. The highest BCUT2D eigenvalue weighted by Gasteiger charge is 2.31. The Morgan fingerprint density at radius 1 is 1.29 bits per heavy atom. The number of aliphatic hydroxyl groups is 1. The molecule has 1 fully saturated rings. The first-order chi connectivity index (χ1) is 13.4. The number of halogens is 1. The van der Waals surface area contributed by atoms with E-state index in [1.807, 2.05) is 24.3 Å². The monoisotopic (exact) mass is 450 g/mol. The topological polar surface area (TPSA) is 85.1 Å². The van der Waals surface area contributed by atoms with E-state index in [-0.39, 0.29) is 24.4 Å². The molecule has 3 rings (SSSR count). The van der Waals surface area contributed by atoms with Crippen LogP contribution < -0.4 is 4.74 Å². The van der Waals surface area contributed by atoms with Crippen molar-refractivity contribution in [1.82, 2.24) is 4.90 Å². The van der Waals surface area contributed by atoms with Crippen molar-refractivity contribution in [2.45, 2.75) is 25.2 Å². The molecule has 150 valence electrons. The van der Waals surface area contributed by atoms with Gasteiger partial charge in [-0.25, -0.2) is 0 Å². The zero-order valence-corrected chi connectivity index (χ0v) is 17.1. The third-order valence-corrected chi connectivity index (χ3v) is 5.35. The van der Waals surface area contributed by atoms with E-state index in [4.69, 9.17) is 9.47 Å². The number of hydrogen-bond acceptors (Lipinski definition) is 6. The summed E-state index contributed by atoms with van der Waals surface area (Å²) in [6.07, 6.45) is -0.731. The number of benzene rings is 2. The summed E-state index contributed by atoms with van der Waals surface area (Å²) in [5, 5.41) is 21.1. The minimum atomic E-state index is -0.679. The Kier molecular flexibility index (Phi) is 7.01. The summed E-state index contributed by atoms with van der Waals surface area (Å²) in [6, 6.07) is 14.0. The van der Waals surface area contributed by atoms with E-state index < -0.39 is 11.0 Å². The molecule has 1 aliphatic rings. The molecule has 0 aliphatic carbocycles. The van der Waals surface area contributed by atoms with Gasteiger partial charge in [0.25, 0.3) is 5.69 Å². The van der Waals surface area contributed by atoms with Gasteiger partial charge in [-0.1, -0.05) is 28.1 Å². The zero-order valence-electron chi connectivity index (χ0n) is 15.5. The van der Waals surface area contributed by atoms with Crippen LogP contribution in [-0.4, -0.2) is 53.4 Å². The Hall–Kier alpha value is -2.00. The highest BCUT2D eigenvalue weighted by molar-refractivity contribution is 9.10. The van der Waals surface area contributed by atoms with Crippen LogP contribution in [0, 0.1) is 10.1 Å². The van der Waals surface area contributed by atoms with Crippen molar-refractivity contribution in [3.05, 3.63) is 68.7 Å². The van der Waals surface area contributed by atoms with Crippen LogP contribution in [0.25, 0.3) is 0 Å². The van der Waals surface area contributed by atoms with Gasteiger partial charge in [0.15, 0.2) is 0 Å². The van der Waals surface area contributed by atoms with Gasteiger partial charge in [-0.3, -0.25) is 15.0 Å². The van der Waals surface area contributed by atoms with Gasteiger partial charge in [-0.05, 0) is 36.8 Å². The minimum absolute atomic E-state index is 0.00836. The van der Waals surface area contributed by atoms with E-state index >= 15 is 0 Å². The Labute approximate surface area is 172 Å². The van der Waals surface area contributed by atoms with Crippen molar-refractivity contribution < 1.29 is 19.5 Å². The number of hydrogen-bond donors (Lipinski definition) is 1. The Morgan fingerprint density at radius 2 is 1.96 bits per heavy atom. The molecular weight excluding hydrogens is 428 g/mol. The summed E-state index contributed by atoms with van der Waals surface area (Å²) in [5.74, 6) is 0.493. The molecule has 1 saturated heterocycles. The van der Waals surface area contributed by atoms with Gasteiger partial charge in [0.2, 0.25) is 0 Å². The molecule has 3 unspecified atom stereocenters. The number of rotatable bonds is 7. The molecule has 2 aromatic rings. The van der Waals surface area contributed by atoms with Crippen molar-refractivity contribution in [2.75, 3.05) is 26.3 Å². The van der Waals surface area contributed by atoms with E-state index in [0.29, 0.717) is 18.9 Å². The summed E-state index contributed by atoms with van der Waals surface area (Å²) < 4.78 is 12.6. The summed E-state index contributed by atoms with van der Waals surface area (Å²) in [4.78, 5) is 12.4. The van der Waals surface area contributed by atoms with Crippen LogP contribution in [0.3, 0.4) is 0 Å². The number of ether oxygens (including phenoxy) is 2. The maximum atomic E-state index is 10.7. The van der Waals surface area contributed by atoms with Crippen LogP contribution in [0.2, 0.25) is 0 Å². The van der Waals surface area contributed by atoms with Crippen molar-refractivity contribution in [3.8, 4) is 5.75 Å². The molecule has 8 heteroatoms. The fraction of sp³-hybridized carbons (Fsp3) is 0.400. The first-order valence-electron chi connectivity index (χ1n) is 9.10. The summed E-state index contributed by atoms with van der Waals surface area (Å²) in [7, 11) is 0. The molecule has 0 spiro atoms. The van der Waals surface area contributed by atoms with Crippen LogP contribution in [0.1, 0.15) is 18.6 Å². The van der Waals surface area contributed by atoms with Crippen LogP contribution in [0.4, 0.5) is 5.69 Å². The SMILES string of the molecule is CC1C(c2ccc(Br)cc2)OCCN1CC(O)COc1ccc([N+](=O)[O-])cc1. The van der Waals surface area contributed by atoms with Crippen molar-refractivity contribution in [3.63, 3.8) is 0 Å². The number of nitrogens with zero attached hydrogens (tertiary/aromatic N) is 2. The average molecular weight is 451 g/mol. The second kappa shape index (κ2) is 9.47. The van der Waals surface area contributed by atoms with Crippen LogP contribution >= 0.6 is 15.9 Å². The van der Waals surface area contributed by atoms with Crippen molar-refractivity contribution >= 4 is 21.6 Å². The normalized spacial score (nSPS) is 21.2. The number of aliphatic hydroxyl groups excluding tert-OH is 1. The lowest BCUT2D eigenvalue weighted by atomic mass is 10.0. The lowest BCUT2D eigenvalue weighted by Gasteiger charge is -2.40. The van der Waals surface area contributed by atoms with Gasteiger partial charge in [0.1, 0.15) is 18.5 Å². The molecule has 0 aromatic heterocycles. The van der Waals surface area contributed by atoms with Gasteiger partial charge in [-0.15, -0.1) is 0 Å². The van der Waals surface area contributed by atoms with Gasteiger partial charge >= 0.3 is 0 Å². The Balaban J connectivity index is 1.53. The van der Waals surface area contributed by atoms with Crippen LogP contribution in [0.15, 0.2) is 53.0 Å². The zero-order chi connectivity index (χ0) is 20.1. The fourth-order valence-corrected chi connectivity index (χ4v) is 3.56. The molecule has 1 aliphatic heterocycles. The molecule has 2 aromatic carbocycles. The molecule has 7 nitrogen and oxygen atoms in total. The molecule has 28 heavy (non-hydrogen) atoms. The van der Waals surface area contributed by atoms with E-state index in [9.17, 15) is 15.2 Å². The van der Waals surface area contributed by atoms with Crippen molar-refractivity contribution in [1.29, 1.82) is 0 Å². The molecule has 1 N–H and O–H groups in total. The van der Waals surface area contributed by atoms with E-state index in [2.05, 4.69) is 27.8 Å². The average Bonchev–Trinajstić information content (AvgIpc) is 2.69. The maximum absolute atomic E-state index is 10.7. The Morgan fingerprint density at radius 3 is 2.61 bits per heavy atom. The lowest BCUT2D eigenvalue weighted by molar-refractivity contribution is -0.384. The molecule has 0 radical (unpaired) electrons. The summed E-state index contributed by atoms with van der Waals surface area (Å²) >= 11 is 3.45. The number of nitro benzene ring substituents is 1. The highest BCUT2D eigenvalue weighted by Crippen LogP contribution is 2.29. The molecule has 3 atom stereocenters. The largest absolute Gasteiger partial charge is 0.491 e. The third kappa shape index (κ3) is 5.29. The second-order valence-corrected chi connectivity index (χ2v) is 7.71. The standard InChI is InChI=1S/C20H23BrN2O5/c1-14-20(15-2-4-16(21)5-3-15)27-11-10-22(14)12-18(24)13-28-19-8-6-17(7-9-19)23(25)26/h2-9,14,18,20,24H,10-13H2,1H3. The number of nitro groups is 1. The van der Waals surface area contributed by atoms with Gasteiger partial charge in [0, 0.05) is 35.7 Å². The maximum Gasteiger partial charge on any atom is 0.269 e. The summed E-state index contributed by atoms with van der Waals surface area (Å²) in [5.41, 5.74) is 1.12. The molecule has 0 bridgehead atoms. The predicted molar refractivity (Wildman–Crippen MR) is 108 cm³/mol. The number of non-ortho nitro benzene ring substituents is 1. The van der Waals surface area contributed by atoms with E-state index in [1.165, 1.54) is 24.3 Å². The minimum Gasteiger partial charge on any atom is -0.491 e. The van der Waals surface area contributed by atoms with Gasteiger partial charge in [0.05, 0.1) is 17.6 Å². The van der Waals surface area contributed by atoms with Crippen LogP contribution in [0.5, 0.6) is 5.75 Å². The molecule has 0 saturated carbocycles. The Bertz CT molecular complexity index is 784. The van der Waals surface area contributed by atoms with E-state index in [0.717, 1.165) is 16.6 Å². The van der Waals surface area contributed by atoms with E-state index in [1.54, 1.807) is 0 Å². The number of β-amino-alcohol motifs (C(OH)–C–C–N with tert-alkyl or cyclic N) is 1. The predicted octanol–water partition coefficient (Wildman–Crippen LogP) is 3.56. The quantitative estimate of drug-likeness (QED) is 0.512. The lowest BCUT2D eigenvalue weighted by Crippen LogP contribution is -2.49. The third-order valence-electron chi connectivity index (χ3n) is 4.82. The molecule has 1 heterocycles. The molecular formula is C20H23BrN2O5. The second-order valence-electron chi connectivity index (χ2n) is 6.79. The van der Waals surface area contributed by atoms with Gasteiger partial charge < -0.3 is 14.6 Å². The first kappa shape index (κ1) is 20.7. The van der Waals surface area contributed by atoms with Gasteiger partial charge in [-0.2, -0.15) is 0 Å². The first-order valence-corrected chi connectivity index (χ1v) is 9.90. The smallest absolute Gasteiger partial charge is 0.269 e. The van der Waals surface area contributed by atoms with Crippen molar-refractivity contribution in [2.24, 2.45) is 0 Å². The van der Waals surface area contributed by atoms with Crippen LogP contribution in [-0.2, 0) is 4.74 Å². The summed E-state index contributed by atoms with van der Waals surface area (Å²) in [6.45, 7) is 4.01.